The summed E-state index contributed by atoms with van der Waals surface area (Å²) in [5.74, 6) is 1.65. The Morgan fingerprint density at radius 2 is 1.74 bits per heavy atom. The fourth-order valence-corrected chi connectivity index (χ4v) is 3.29. The van der Waals surface area contributed by atoms with Gasteiger partial charge in [-0.2, -0.15) is 0 Å². The Balaban J connectivity index is 1.68. The molecule has 1 aromatic heterocycles. The number of nitrogens with zero attached hydrogens (tertiary/aromatic N) is 2. The normalized spacial score (nSPS) is 14.9. The average Bonchev–Trinajstić information content (AvgIpc) is 2.96. The van der Waals surface area contributed by atoms with Gasteiger partial charge in [-0.3, -0.25) is 4.79 Å². The molecule has 7 heteroatoms. The van der Waals surface area contributed by atoms with Gasteiger partial charge in [-0.15, -0.1) is 0 Å². The number of nitrogens with one attached hydrogen (secondary N) is 2. The number of rotatable bonds is 6. The number of ether oxygens (including phenoxy) is 2. The Labute approximate surface area is 159 Å². The third-order valence-electron chi connectivity index (χ3n) is 4.75. The van der Waals surface area contributed by atoms with Gasteiger partial charge >= 0.3 is 0 Å². The van der Waals surface area contributed by atoms with Crippen molar-refractivity contribution in [3.05, 3.63) is 36.3 Å². The highest BCUT2D eigenvalue weighted by molar-refractivity contribution is 5.93. The second-order valence-electron chi connectivity index (χ2n) is 6.65. The zero-order chi connectivity index (χ0) is 19.1. The third kappa shape index (κ3) is 5.09. The molecule has 0 unspecified atom stereocenters. The van der Waals surface area contributed by atoms with Gasteiger partial charge in [0.25, 0.3) is 5.91 Å². The van der Waals surface area contributed by atoms with Gasteiger partial charge in [0.15, 0.2) is 11.5 Å². The van der Waals surface area contributed by atoms with Crippen molar-refractivity contribution in [1.82, 2.24) is 15.3 Å². The molecule has 1 fully saturated rings. The molecule has 3 rings (SSSR count). The number of carbonyl (C=O) groups is 1. The highest BCUT2D eigenvalue weighted by Gasteiger charge is 2.17. The summed E-state index contributed by atoms with van der Waals surface area (Å²) in [4.78, 5) is 20.9. The lowest BCUT2D eigenvalue weighted by Crippen LogP contribution is -2.34. The van der Waals surface area contributed by atoms with Crippen molar-refractivity contribution >= 4 is 17.4 Å². The molecule has 1 saturated carbocycles. The molecule has 0 atom stereocenters. The van der Waals surface area contributed by atoms with E-state index in [1.54, 1.807) is 20.3 Å². The summed E-state index contributed by atoms with van der Waals surface area (Å²) < 4.78 is 10.6. The van der Waals surface area contributed by atoms with E-state index in [1.165, 1.54) is 32.0 Å². The van der Waals surface area contributed by atoms with Crippen LogP contribution in [0.2, 0.25) is 0 Å². The Morgan fingerprint density at radius 1 is 1.00 bits per heavy atom. The van der Waals surface area contributed by atoms with Gasteiger partial charge < -0.3 is 20.1 Å². The fraction of sp³-hybridized carbons (Fsp3) is 0.450. The van der Waals surface area contributed by atoms with Crippen LogP contribution in [0.4, 0.5) is 11.5 Å². The van der Waals surface area contributed by atoms with E-state index < -0.39 is 0 Å². The Morgan fingerprint density at radius 3 is 2.44 bits per heavy atom. The van der Waals surface area contributed by atoms with E-state index in [9.17, 15) is 4.79 Å². The van der Waals surface area contributed by atoms with Gasteiger partial charge in [-0.1, -0.05) is 25.7 Å². The quantitative estimate of drug-likeness (QED) is 0.755. The van der Waals surface area contributed by atoms with Crippen molar-refractivity contribution in [1.29, 1.82) is 0 Å². The maximum absolute atomic E-state index is 12.5. The van der Waals surface area contributed by atoms with Crippen LogP contribution in [0.3, 0.4) is 0 Å². The molecule has 2 aromatic rings. The van der Waals surface area contributed by atoms with E-state index in [-0.39, 0.29) is 11.9 Å². The van der Waals surface area contributed by atoms with E-state index in [0.717, 1.165) is 18.5 Å². The van der Waals surface area contributed by atoms with E-state index in [2.05, 4.69) is 20.6 Å². The number of methoxy groups -OCH3 is 2. The summed E-state index contributed by atoms with van der Waals surface area (Å²) in [5, 5.41) is 6.28. The van der Waals surface area contributed by atoms with E-state index >= 15 is 0 Å². The zero-order valence-electron chi connectivity index (χ0n) is 15.8. The molecule has 1 aliphatic rings. The lowest BCUT2D eigenvalue weighted by atomic mass is 10.1. The van der Waals surface area contributed by atoms with Gasteiger partial charge in [-0.25, -0.2) is 9.97 Å². The van der Waals surface area contributed by atoms with Gasteiger partial charge in [0, 0.05) is 23.9 Å². The van der Waals surface area contributed by atoms with Crippen molar-refractivity contribution in [2.45, 2.75) is 44.6 Å². The predicted octanol–water partition coefficient (Wildman–Crippen LogP) is 3.69. The van der Waals surface area contributed by atoms with Crippen LogP contribution in [0.25, 0.3) is 0 Å². The van der Waals surface area contributed by atoms with Crippen molar-refractivity contribution in [2.24, 2.45) is 0 Å². The number of hydrogen-bond donors (Lipinski definition) is 2. The molecule has 1 amide bonds. The van der Waals surface area contributed by atoms with E-state index in [4.69, 9.17) is 9.47 Å². The second-order valence-corrected chi connectivity index (χ2v) is 6.65. The van der Waals surface area contributed by atoms with Crippen LogP contribution < -0.4 is 20.1 Å². The molecule has 0 aliphatic heterocycles. The first-order chi connectivity index (χ1) is 13.2. The molecule has 0 saturated heterocycles. The van der Waals surface area contributed by atoms with Crippen LogP contribution in [0.15, 0.2) is 30.6 Å². The average molecular weight is 370 g/mol. The van der Waals surface area contributed by atoms with Crippen molar-refractivity contribution in [3.8, 4) is 11.5 Å². The molecule has 7 nitrogen and oxygen atoms in total. The van der Waals surface area contributed by atoms with Crippen LogP contribution >= 0.6 is 0 Å². The molecule has 1 heterocycles. The number of amides is 1. The topological polar surface area (TPSA) is 85.4 Å². The number of carbonyl (C=O) groups excluding carboxylic acids is 1. The molecule has 0 spiro atoms. The highest BCUT2D eigenvalue weighted by Crippen LogP contribution is 2.30. The van der Waals surface area contributed by atoms with Crippen LogP contribution in [-0.2, 0) is 0 Å². The summed E-state index contributed by atoms with van der Waals surface area (Å²) in [6.07, 6.45) is 8.30. The van der Waals surface area contributed by atoms with Crippen LogP contribution in [0, 0.1) is 0 Å². The first-order valence-corrected chi connectivity index (χ1v) is 9.31. The fourth-order valence-electron chi connectivity index (χ4n) is 3.29. The minimum Gasteiger partial charge on any atom is -0.493 e. The van der Waals surface area contributed by atoms with E-state index in [1.807, 2.05) is 18.2 Å². The van der Waals surface area contributed by atoms with Gasteiger partial charge in [-0.05, 0) is 25.0 Å². The second kappa shape index (κ2) is 9.21. The molecule has 1 aliphatic carbocycles. The molecule has 2 N–H and O–H groups in total. The summed E-state index contributed by atoms with van der Waals surface area (Å²) in [6, 6.07) is 7.36. The lowest BCUT2D eigenvalue weighted by molar-refractivity contribution is 0.0928. The van der Waals surface area contributed by atoms with Gasteiger partial charge in [0.05, 0.1) is 14.2 Å². The zero-order valence-corrected chi connectivity index (χ0v) is 15.8. The molecule has 0 radical (unpaired) electrons. The van der Waals surface area contributed by atoms with Crippen molar-refractivity contribution < 1.29 is 14.3 Å². The monoisotopic (exact) mass is 370 g/mol. The molecule has 0 bridgehead atoms. The predicted molar refractivity (Wildman–Crippen MR) is 104 cm³/mol. The molecule has 27 heavy (non-hydrogen) atoms. The Hall–Kier alpha value is -2.83. The maximum atomic E-state index is 12.5. The number of hydrogen-bond acceptors (Lipinski definition) is 6. The van der Waals surface area contributed by atoms with Crippen molar-refractivity contribution in [2.75, 3.05) is 19.5 Å². The van der Waals surface area contributed by atoms with Crippen LogP contribution in [-0.4, -0.2) is 36.1 Å². The molecular weight excluding hydrogens is 344 g/mol. The summed E-state index contributed by atoms with van der Waals surface area (Å²) in [6.45, 7) is 0. The third-order valence-corrected chi connectivity index (χ3v) is 4.75. The highest BCUT2D eigenvalue weighted by atomic mass is 16.5. The minimum atomic E-state index is -0.153. The van der Waals surface area contributed by atoms with Crippen molar-refractivity contribution in [3.63, 3.8) is 0 Å². The smallest absolute Gasteiger partial charge is 0.270 e. The molecular formula is C20H26N4O3. The Bertz CT molecular complexity index is 774. The van der Waals surface area contributed by atoms with Crippen LogP contribution in [0.1, 0.15) is 49.0 Å². The lowest BCUT2D eigenvalue weighted by Gasteiger charge is -2.16. The number of aromatic nitrogens is 2. The Kier molecular flexibility index (Phi) is 6.46. The van der Waals surface area contributed by atoms with E-state index in [0.29, 0.717) is 23.0 Å². The summed E-state index contributed by atoms with van der Waals surface area (Å²) in [5.41, 5.74) is 1.14. The largest absolute Gasteiger partial charge is 0.493 e. The minimum absolute atomic E-state index is 0.153. The number of anilines is 2. The number of benzene rings is 1. The first kappa shape index (κ1) is 18.9. The maximum Gasteiger partial charge on any atom is 0.270 e. The summed E-state index contributed by atoms with van der Waals surface area (Å²) in [7, 11) is 3.18. The molecule has 1 aromatic carbocycles. The SMILES string of the molecule is COc1ccc(Nc2cc(C(=O)NC3CCCCCC3)ncn2)cc1OC. The van der Waals surface area contributed by atoms with Gasteiger partial charge in [0.1, 0.15) is 17.8 Å². The van der Waals surface area contributed by atoms with Gasteiger partial charge in [0.2, 0.25) is 0 Å². The van der Waals surface area contributed by atoms with Crippen LogP contribution in [0.5, 0.6) is 11.5 Å². The first-order valence-electron chi connectivity index (χ1n) is 9.31. The summed E-state index contributed by atoms with van der Waals surface area (Å²) >= 11 is 0. The molecule has 144 valence electrons. The standard InChI is InChI=1S/C20H26N4O3/c1-26-17-10-9-15(11-18(17)27-2)23-19-12-16(21-13-22-19)20(25)24-14-7-5-3-4-6-8-14/h9-14H,3-8H2,1-2H3,(H,24,25)(H,21,22,23).